The number of ketones is 1. The Hall–Kier alpha value is -2.91. The molecule has 0 heterocycles. The molecule has 2 rings (SSSR count). The van der Waals surface area contributed by atoms with Crippen molar-refractivity contribution in [2.75, 3.05) is 17.1 Å². The number of Topliss-reactive ketones (excluding diaryl/α,β-unsaturated/α-hetero) is 1. The Morgan fingerprint density at radius 1 is 1.06 bits per heavy atom. The summed E-state index contributed by atoms with van der Waals surface area (Å²) in [6.45, 7) is 6.28. The lowest BCUT2D eigenvalue weighted by atomic mass is 10.1. The van der Waals surface area contributed by atoms with Crippen LogP contribution in [0.2, 0.25) is 5.02 Å². The first-order valence-corrected chi connectivity index (χ1v) is 13.5. The van der Waals surface area contributed by atoms with Gasteiger partial charge < -0.3 is 10.2 Å². The van der Waals surface area contributed by atoms with Gasteiger partial charge in [-0.3, -0.25) is 18.7 Å². The number of hydrogen-bond acceptors (Lipinski definition) is 5. The molecule has 2 aromatic rings. The van der Waals surface area contributed by atoms with Gasteiger partial charge >= 0.3 is 0 Å². The predicted molar refractivity (Wildman–Crippen MR) is 138 cm³/mol. The largest absolute Gasteiger partial charge is 0.352 e. The van der Waals surface area contributed by atoms with Gasteiger partial charge in [0.1, 0.15) is 12.6 Å². The quantitative estimate of drug-likeness (QED) is 0.455. The monoisotopic (exact) mass is 521 g/mol. The van der Waals surface area contributed by atoms with E-state index < -0.39 is 28.5 Å². The Kier molecular flexibility index (Phi) is 9.85. The van der Waals surface area contributed by atoms with Crippen molar-refractivity contribution in [2.45, 2.75) is 52.7 Å². The van der Waals surface area contributed by atoms with Crippen molar-refractivity contribution in [1.82, 2.24) is 10.2 Å². The second-order valence-electron chi connectivity index (χ2n) is 8.52. The topological polar surface area (TPSA) is 104 Å². The van der Waals surface area contributed by atoms with Gasteiger partial charge in [-0.1, -0.05) is 42.8 Å². The summed E-state index contributed by atoms with van der Waals surface area (Å²) in [6.07, 6.45) is 1.70. The predicted octanol–water partition coefficient (Wildman–Crippen LogP) is 3.64. The van der Waals surface area contributed by atoms with Crippen molar-refractivity contribution in [1.29, 1.82) is 0 Å². The molecule has 35 heavy (non-hydrogen) atoms. The van der Waals surface area contributed by atoms with E-state index in [0.29, 0.717) is 16.1 Å². The van der Waals surface area contributed by atoms with Gasteiger partial charge in [-0.25, -0.2) is 8.42 Å². The third-order valence-corrected chi connectivity index (χ3v) is 7.01. The van der Waals surface area contributed by atoms with Crippen LogP contribution in [0.3, 0.4) is 0 Å². The van der Waals surface area contributed by atoms with Gasteiger partial charge in [-0.05, 0) is 57.0 Å². The minimum absolute atomic E-state index is 0.0551. The van der Waals surface area contributed by atoms with E-state index >= 15 is 0 Å². The van der Waals surface area contributed by atoms with Gasteiger partial charge in [0.25, 0.3) is 0 Å². The van der Waals surface area contributed by atoms with E-state index in [9.17, 15) is 22.8 Å². The molecule has 10 heteroatoms. The first-order chi connectivity index (χ1) is 16.3. The molecule has 0 saturated heterocycles. The number of carbonyl (C=O) groups excluding carboxylic acids is 3. The summed E-state index contributed by atoms with van der Waals surface area (Å²) in [6, 6.07) is 12.0. The third-order valence-electron chi connectivity index (χ3n) is 5.63. The number of halogens is 1. The normalized spacial score (nSPS) is 13.0. The molecule has 0 aliphatic heterocycles. The zero-order valence-electron chi connectivity index (χ0n) is 20.6. The van der Waals surface area contributed by atoms with Gasteiger partial charge in [0.05, 0.1) is 11.9 Å². The minimum Gasteiger partial charge on any atom is -0.352 e. The molecule has 0 saturated carbocycles. The number of nitrogens with zero attached hydrogens (tertiary/aromatic N) is 2. The maximum absolute atomic E-state index is 13.5. The lowest BCUT2D eigenvalue weighted by molar-refractivity contribution is -0.139. The average molecular weight is 522 g/mol. The molecule has 0 unspecified atom stereocenters. The van der Waals surface area contributed by atoms with Crippen LogP contribution in [0.1, 0.15) is 50.0 Å². The van der Waals surface area contributed by atoms with Gasteiger partial charge in [-0.15, -0.1) is 0 Å². The van der Waals surface area contributed by atoms with E-state index in [2.05, 4.69) is 5.32 Å². The molecule has 0 radical (unpaired) electrons. The number of sulfonamides is 1. The van der Waals surface area contributed by atoms with Crippen molar-refractivity contribution in [3.05, 3.63) is 64.7 Å². The van der Waals surface area contributed by atoms with Crippen molar-refractivity contribution in [3.63, 3.8) is 0 Å². The summed E-state index contributed by atoms with van der Waals surface area (Å²) in [5.41, 5.74) is 1.20. The molecule has 0 aliphatic rings. The highest BCUT2D eigenvalue weighted by Crippen LogP contribution is 2.21. The average Bonchev–Trinajstić information content (AvgIpc) is 2.79. The van der Waals surface area contributed by atoms with Crippen LogP contribution in [-0.4, -0.2) is 55.8 Å². The van der Waals surface area contributed by atoms with Crippen LogP contribution in [0, 0.1) is 0 Å². The Morgan fingerprint density at radius 3 is 2.29 bits per heavy atom. The summed E-state index contributed by atoms with van der Waals surface area (Å²) in [7, 11) is -3.88. The standard InChI is InChI=1S/C25H32ClN3O5S/c1-6-17(2)27-25(32)18(3)28(15-20-9-7-11-22(26)13-20)24(31)16-29(35(5,33)34)23-12-8-10-21(14-23)19(4)30/h7-14,17-18H,6,15-16H2,1-5H3,(H,27,32)/t17-,18-/m0/s1. The van der Waals surface area contributed by atoms with E-state index in [1.54, 1.807) is 43.3 Å². The summed E-state index contributed by atoms with van der Waals surface area (Å²) >= 11 is 6.10. The minimum atomic E-state index is -3.88. The highest BCUT2D eigenvalue weighted by molar-refractivity contribution is 7.92. The maximum Gasteiger partial charge on any atom is 0.244 e. The smallest absolute Gasteiger partial charge is 0.244 e. The molecule has 190 valence electrons. The van der Waals surface area contributed by atoms with Crippen LogP contribution in [0.5, 0.6) is 0 Å². The molecule has 0 aromatic heterocycles. The Bertz CT molecular complexity index is 1190. The highest BCUT2D eigenvalue weighted by Gasteiger charge is 2.30. The molecule has 1 N–H and O–H groups in total. The fourth-order valence-electron chi connectivity index (χ4n) is 3.37. The number of benzene rings is 2. The molecule has 0 bridgehead atoms. The number of nitrogens with one attached hydrogen (secondary N) is 1. The summed E-state index contributed by atoms with van der Waals surface area (Å²) in [5, 5.41) is 3.35. The van der Waals surface area contributed by atoms with Crippen molar-refractivity contribution in [2.24, 2.45) is 0 Å². The molecule has 0 spiro atoms. The number of hydrogen-bond donors (Lipinski definition) is 1. The Morgan fingerprint density at radius 2 is 1.71 bits per heavy atom. The fourth-order valence-corrected chi connectivity index (χ4v) is 4.43. The van der Waals surface area contributed by atoms with Crippen LogP contribution in [-0.2, 0) is 26.2 Å². The van der Waals surface area contributed by atoms with E-state index in [1.807, 2.05) is 13.8 Å². The van der Waals surface area contributed by atoms with Crippen molar-refractivity contribution < 1.29 is 22.8 Å². The Balaban J connectivity index is 2.43. The Labute approximate surface area is 212 Å². The third kappa shape index (κ3) is 8.07. The molecular formula is C25H32ClN3O5S. The lowest BCUT2D eigenvalue weighted by Gasteiger charge is -2.32. The first-order valence-electron chi connectivity index (χ1n) is 11.3. The fraction of sp³-hybridized carbons (Fsp3) is 0.400. The van der Waals surface area contributed by atoms with Gasteiger partial charge in [0.15, 0.2) is 5.78 Å². The zero-order valence-corrected chi connectivity index (χ0v) is 22.2. The maximum atomic E-state index is 13.5. The van der Waals surface area contributed by atoms with E-state index in [1.165, 1.54) is 24.0 Å². The molecule has 2 atom stereocenters. The van der Waals surface area contributed by atoms with Gasteiger partial charge in [0.2, 0.25) is 21.8 Å². The number of anilines is 1. The molecule has 0 aliphatic carbocycles. The van der Waals surface area contributed by atoms with Crippen LogP contribution in [0.4, 0.5) is 5.69 Å². The van der Waals surface area contributed by atoms with Crippen LogP contribution >= 0.6 is 11.6 Å². The molecule has 0 fully saturated rings. The summed E-state index contributed by atoms with van der Waals surface area (Å²) in [4.78, 5) is 39.5. The van der Waals surface area contributed by atoms with Crippen LogP contribution in [0.15, 0.2) is 48.5 Å². The first kappa shape index (κ1) is 28.3. The summed E-state index contributed by atoms with van der Waals surface area (Å²) < 4.78 is 26.2. The van der Waals surface area contributed by atoms with Gasteiger partial charge in [0, 0.05) is 23.2 Å². The van der Waals surface area contributed by atoms with Crippen LogP contribution < -0.4 is 9.62 Å². The molecule has 2 amide bonds. The number of carbonyl (C=O) groups is 3. The van der Waals surface area contributed by atoms with E-state index in [-0.39, 0.29) is 30.0 Å². The SMILES string of the molecule is CC[C@H](C)NC(=O)[C@H](C)N(Cc1cccc(Cl)c1)C(=O)CN(c1cccc(C(C)=O)c1)S(C)(=O)=O. The lowest BCUT2D eigenvalue weighted by Crippen LogP contribution is -2.52. The van der Waals surface area contributed by atoms with Gasteiger partial charge in [-0.2, -0.15) is 0 Å². The van der Waals surface area contributed by atoms with E-state index in [0.717, 1.165) is 17.0 Å². The number of amides is 2. The van der Waals surface area contributed by atoms with Crippen LogP contribution in [0.25, 0.3) is 0 Å². The molecular weight excluding hydrogens is 490 g/mol. The van der Waals surface area contributed by atoms with E-state index in [4.69, 9.17) is 11.6 Å². The molecule has 8 nitrogen and oxygen atoms in total. The zero-order chi connectivity index (χ0) is 26.3. The highest BCUT2D eigenvalue weighted by atomic mass is 35.5. The second kappa shape index (κ2) is 12.2. The summed E-state index contributed by atoms with van der Waals surface area (Å²) in [5.74, 6) is -1.15. The van der Waals surface area contributed by atoms with Crippen molar-refractivity contribution in [3.8, 4) is 0 Å². The number of rotatable bonds is 11. The second-order valence-corrected chi connectivity index (χ2v) is 10.9. The van der Waals surface area contributed by atoms with Crippen molar-refractivity contribution >= 4 is 44.9 Å². The molecule has 2 aromatic carbocycles.